The summed E-state index contributed by atoms with van der Waals surface area (Å²) >= 11 is 12.6. The summed E-state index contributed by atoms with van der Waals surface area (Å²) in [6.07, 6.45) is -4.69. The van der Waals surface area contributed by atoms with Gasteiger partial charge in [-0.2, -0.15) is 13.2 Å². The van der Waals surface area contributed by atoms with Crippen molar-refractivity contribution in [1.29, 1.82) is 0 Å². The Kier molecular flexibility index (Phi) is 5.37. The van der Waals surface area contributed by atoms with Crippen molar-refractivity contribution in [3.8, 4) is 0 Å². The Hall–Kier alpha value is -1.14. The average molecular weight is 419 g/mol. The van der Waals surface area contributed by atoms with Crippen molar-refractivity contribution in [3.05, 3.63) is 74.1 Å². The molecule has 1 heterocycles. The first-order valence-corrected chi connectivity index (χ1v) is 9.41. The monoisotopic (exact) mass is 418 g/mol. The number of aliphatic hydroxyl groups excluding tert-OH is 1. The third-order valence-corrected chi connectivity index (χ3v) is 6.36. The van der Waals surface area contributed by atoms with Crippen molar-refractivity contribution in [1.82, 2.24) is 0 Å². The van der Waals surface area contributed by atoms with Gasteiger partial charge in [-0.25, -0.2) is 0 Å². The normalized spacial score (nSPS) is 20.3. The van der Waals surface area contributed by atoms with Gasteiger partial charge in [-0.3, -0.25) is 0 Å². The molecule has 1 aliphatic rings. The number of hydrogen-bond donors (Lipinski definition) is 1. The van der Waals surface area contributed by atoms with E-state index < -0.39 is 10.9 Å². The summed E-state index contributed by atoms with van der Waals surface area (Å²) in [6.45, 7) is 1.72. The number of aliphatic hydroxyl groups is 1. The molecule has 0 spiro atoms. The van der Waals surface area contributed by atoms with Crippen LogP contribution in [0.4, 0.5) is 13.2 Å². The number of allylic oxidation sites excluding steroid dienone is 1. The van der Waals surface area contributed by atoms with Crippen molar-refractivity contribution >= 4 is 40.5 Å². The Bertz CT molecular complexity index is 859. The molecule has 2 aromatic carbocycles. The minimum atomic E-state index is -4.48. The topological polar surface area (TPSA) is 20.2 Å². The van der Waals surface area contributed by atoms with Gasteiger partial charge in [0.25, 0.3) is 0 Å². The van der Waals surface area contributed by atoms with E-state index in [2.05, 4.69) is 0 Å². The summed E-state index contributed by atoms with van der Waals surface area (Å²) in [7, 11) is 0. The molecule has 1 aliphatic heterocycles. The molecule has 26 heavy (non-hydrogen) atoms. The third-order valence-electron chi connectivity index (χ3n) is 4.51. The van der Waals surface area contributed by atoms with Crippen molar-refractivity contribution in [2.75, 3.05) is 0 Å². The molecule has 1 N–H and O–H groups in total. The smallest absolute Gasteiger partial charge is 0.392 e. The molecule has 1 nitrogen and oxygen atoms in total. The highest BCUT2D eigenvalue weighted by molar-refractivity contribution is 8.03. The molecular weight excluding hydrogens is 404 g/mol. The zero-order valence-corrected chi connectivity index (χ0v) is 16.0. The van der Waals surface area contributed by atoms with Crippen LogP contribution in [0.25, 0.3) is 5.57 Å². The van der Waals surface area contributed by atoms with Gasteiger partial charge < -0.3 is 5.11 Å². The lowest BCUT2D eigenvalue weighted by Gasteiger charge is -2.32. The number of rotatable bonds is 3. The van der Waals surface area contributed by atoms with Gasteiger partial charge in [0.15, 0.2) is 0 Å². The highest BCUT2D eigenvalue weighted by atomic mass is 35.5. The van der Waals surface area contributed by atoms with Crippen LogP contribution in [0, 0.1) is 6.92 Å². The molecule has 7 heteroatoms. The van der Waals surface area contributed by atoms with E-state index in [0.717, 1.165) is 22.9 Å². The van der Waals surface area contributed by atoms with Crippen molar-refractivity contribution in [3.63, 3.8) is 0 Å². The number of benzene rings is 2. The predicted octanol–water partition coefficient (Wildman–Crippen LogP) is 6.73. The summed E-state index contributed by atoms with van der Waals surface area (Å²) in [4.78, 5) is 0. The van der Waals surface area contributed by atoms with Crippen LogP contribution in [0.3, 0.4) is 0 Å². The SMILES string of the molecule is Cc1cc(C2=CSC(c3cc(Cl)cc(Cl)c3)(C(F)(F)F)C2)ccc1CO. The molecule has 3 rings (SSSR count). The Morgan fingerprint density at radius 1 is 1.12 bits per heavy atom. The van der Waals surface area contributed by atoms with Gasteiger partial charge in [-0.1, -0.05) is 41.4 Å². The average Bonchev–Trinajstić information content (AvgIpc) is 3.00. The van der Waals surface area contributed by atoms with Crippen molar-refractivity contribution in [2.24, 2.45) is 0 Å². The van der Waals surface area contributed by atoms with Crippen molar-refractivity contribution < 1.29 is 18.3 Å². The lowest BCUT2D eigenvalue weighted by molar-refractivity contribution is -0.160. The maximum absolute atomic E-state index is 14.1. The molecule has 1 atom stereocenters. The Morgan fingerprint density at radius 3 is 2.31 bits per heavy atom. The lowest BCUT2D eigenvalue weighted by Crippen LogP contribution is -2.37. The van der Waals surface area contributed by atoms with E-state index >= 15 is 0 Å². The van der Waals surface area contributed by atoms with E-state index in [-0.39, 0.29) is 28.6 Å². The van der Waals surface area contributed by atoms with Crippen LogP contribution in [0.2, 0.25) is 10.0 Å². The van der Waals surface area contributed by atoms with E-state index in [9.17, 15) is 18.3 Å². The quantitative estimate of drug-likeness (QED) is 0.595. The van der Waals surface area contributed by atoms with E-state index in [1.165, 1.54) is 18.2 Å². The van der Waals surface area contributed by atoms with Crippen LogP contribution in [-0.4, -0.2) is 11.3 Å². The first-order chi connectivity index (χ1) is 12.2. The van der Waals surface area contributed by atoms with Gasteiger partial charge in [0.2, 0.25) is 0 Å². The third kappa shape index (κ3) is 3.50. The standard InChI is InChI=1S/C19H15Cl2F3OS/c1-11-4-12(2-3-13(11)9-25)14-8-18(26-10-14,19(22,23)24)15-5-16(20)7-17(21)6-15/h2-7,10,25H,8-9H2,1H3. The molecule has 0 aromatic heterocycles. The van der Waals surface area contributed by atoms with E-state index in [4.69, 9.17) is 23.2 Å². The molecule has 138 valence electrons. The first-order valence-electron chi connectivity index (χ1n) is 7.77. The first kappa shape index (κ1) is 19.6. The second-order valence-corrected chi connectivity index (χ2v) is 8.26. The highest BCUT2D eigenvalue weighted by Gasteiger charge is 2.58. The van der Waals surface area contributed by atoms with Crippen LogP contribution >= 0.6 is 35.0 Å². The molecule has 0 saturated carbocycles. The number of thioether (sulfide) groups is 1. The van der Waals surface area contributed by atoms with E-state index in [1.807, 2.05) is 6.92 Å². The second-order valence-electron chi connectivity index (χ2n) is 6.22. The van der Waals surface area contributed by atoms with Gasteiger partial charge in [0.05, 0.1) is 6.61 Å². The summed E-state index contributed by atoms with van der Waals surface area (Å²) in [5, 5.41) is 11.2. The molecule has 1 unspecified atom stereocenters. The molecule has 0 bridgehead atoms. The number of alkyl halides is 3. The van der Waals surface area contributed by atoms with Gasteiger partial charge in [0.1, 0.15) is 4.75 Å². The maximum atomic E-state index is 14.1. The fourth-order valence-corrected chi connectivity index (χ4v) is 4.77. The molecule has 0 aliphatic carbocycles. The summed E-state index contributed by atoms with van der Waals surface area (Å²) in [6, 6.07) is 9.34. The summed E-state index contributed by atoms with van der Waals surface area (Å²) in [5.41, 5.74) is 2.94. The van der Waals surface area contributed by atoms with Gasteiger partial charge >= 0.3 is 6.18 Å². The zero-order chi connectivity index (χ0) is 19.1. The van der Waals surface area contributed by atoms with Gasteiger partial charge in [-0.15, -0.1) is 11.8 Å². The van der Waals surface area contributed by atoms with Gasteiger partial charge in [-0.05, 0) is 58.4 Å². The van der Waals surface area contributed by atoms with E-state index in [1.54, 1.807) is 23.6 Å². The zero-order valence-electron chi connectivity index (χ0n) is 13.7. The van der Waals surface area contributed by atoms with Crippen LogP contribution in [0.1, 0.15) is 28.7 Å². The Morgan fingerprint density at radius 2 is 1.77 bits per heavy atom. The Labute approximate surface area is 163 Å². The largest absolute Gasteiger partial charge is 0.407 e. The fourth-order valence-electron chi connectivity index (χ4n) is 3.05. The summed E-state index contributed by atoms with van der Waals surface area (Å²) in [5.74, 6) is 0. The maximum Gasteiger partial charge on any atom is 0.407 e. The van der Waals surface area contributed by atoms with Crippen LogP contribution in [0.15, 0.2) is 41.8 Å². The number of aryl methyl sites for hydroxylation is 1. The molecule has 0 saturated heterocycles. The molecule has 0 radical (unpaired) electrons. The highest BCUT2D eigenvalue weighted by Crippen LogP contribution is 2.60. The molecule has 0 amide bonds. The van der Waals surface area contributed by atoms with Crippen LogP contribution in [-0.2, 0) is 11.4 Å². The lowest BCUT2D eigenvalue weighted by atomic mass is 9.88. The van der Waals surface area contributed by atoms with Crippen LogP contribution in [0.5, 0.6) is 0 Å². The fraction of sp³-hybridized carbons (Fsp3) is 0.263. The Balaban J connectivity index is 2.02. The minimum Gasteiger partial charge on any atom is -0.392 e. The number of halogens is 5. The second kappa shape index (κ2) is 7.12. The summed E-state index contributed by atoms with van der Waals surface area (Å²) < 4.78 is 40.1. The van der Waals surface area contributed by atoms with Crippen LogP contribution < -0.4 is 0 Å². The van der Waals surface area contributed by atoms with Gasteiger partial charge in [0, 0.05) is 16.5 Å². The minimum absolute atomic E-state index is 0.0439. The van der Waals surface area contributed by atoms with Crippen molar-refractivity contribution in [2.45, 2.75) is 30.9 Å². The van der Waals surface area contributed by atoms with E-state index in [0.29, 0.717) is 11.1 Å². The molecule has 0 fully saturated rings. The number of hydrogen-bond acceptors (Lipinski definition) is 2. The molecule has 2 aromatic rings. The predicted molar refractivity (Wildman–Crippen MR) is 101 cm³/mol. The molecular formula is C19H15Cl2F3OS.